The molecule has 0 unspecified atom stereocenters. The van der Waals surface area contributed by atoms with Crippen molar-refractivity contribution in [1.29, 1.82) is 0 Å². The lowest BCUT2D eigenvalue weighted by molar-refractivity contribution is 0.0632. The highest BCUT2D eigenvalue weighted by Gasteiger charge is 2.30. The quantitative estimate of drug-likeness (QED) is 0.810. The summed E-state index contributed by atoms with van der Waals surface area (Å²) in [7, 11) is -4.50. The van der Waals surface area contributed by atoms with Gasteiger partial charge >= 0.3 is 7.82 Å². The number of rotatable bonds is 3. The van der Waals surface area contributed by atoms with Crippen molar-refractivity contribution in [3.63, 3.8) is 0 Å². The molecule has 0 aliphatic carbocycles. The topological polar surface area (TPSA) is 66.8 Å². The van der Waals surface area contributed by atoms with Gasteiger partial charge in [-0.1, -0.05) is 23.7 Å². The summed E-state index contributed by atoms with van der Waals surface area (Å²) < 4.78 is 15.4. The van der Waals surface area contributed by atoms with E-state index in [1.165, 1.54) is 0 Å². The summed E-state index contributed by atoms with van der Waals surface area (Å²) in [5.74, 6) is 0. The standard InChI is InChI=1S/C9H12ClO4P/c1-9(2,14-15(11,12)13)7-3-5-8(10)6-4-7/h3-6H,1-2H3,(H2,11,12,13). The summed E-state index contributed by atoms with van der Waals surface area (Å²) in [4.78, 5) is 17.5. The molecule has 15 heavy (non-hydrogen) atoms. The Bertz CT molecular complexity index is 382. The summed E-state index contributed by atoms with van der Waals surface area (Å²) in [5, 5.41) is 0.561. The van der Waals surface area contributed by atoms with Gasteiger partial charge in [0, 0.05) is 5.02 Å². The van der Waals surface area contributed by atoms with Gasteiger partial charge in [0.25, 0.3) is 0 Å². The molecule has 0 atom stereocenters. The van der Waals surface area contributed by atoms with Crippen molar-refractivity contribution >= 4 is 19.4 Å². The van der Waals surface area contributed by atoms with Gasteiger partial charge in [-0.05, 0) is 31.5 Å². The van der Waals surface area contributed by atoms with Crippen molar-refractivity contribution in [2.45, 2.75) is 19.4 Å². The molecule has 0 saturated carbocycles. The molecule has 1 rings (SSSR count). The van der Waals surface area contributed by atoms with E-state index < -0.39 is 13.4 Å². The maximum atomic E-state index is 10.7. The summed E-state index contributed by atoms with van der Waals surface area (Å²) in [6.45, 7) is 3.16. The van der Waals surface area contributed by atoms with Gasteiger partial charge < -0.3 is 9.79 Å². The van der Waals surface area contributed by atoms with Crippen LogP contribution in [0.2, 0.25) is 5.02 Å². The third kappa shape index (κ3) is 3.93. The molecule has 2 N–H and O–H groups in total. The van der Waals surface area contributed by atoms with E-state index in [4.69, 9.17) is 21.4 Å². The second-order valence-electron chi connectivity index (χ2n) is 3.60. The van der Waals surface area contributed by atoms with Gasteiger partial charge in [0.1, 0.15) is 0 Å². The fourth-order valence-electron chi connectivity index (χ4n) is 1.20. The van der Waals surface area contributed by atoms with E-state index >= 15 is 0 Å². The third-order valence-electron chi connectivity index (χ3n) is 1.89. The second-order valence-corrected chi connectivity index (χ2v) is 5.20. The predicted octanol–water partition coefficient (Wildman–Crippen LogP) is 2.68. The van der Waals surface area contributed by atoms with Crippen LogP contribution in [0.1, 0.15) is 19.4 Å². The van der Waals surface area contributed by atoms with Crippen molar-refractivity contribution in [3.05, 3.63) is 34.9 Å². The maximum absolute atomic E-state index is 10.7. The van der Waals surface area contributed by atoms with Crippen LogP contribution in [-0.2, 0) is 14.7 Å². The lowest BCUT2D eigenvalue weighted by Crippen LogP contribution is -2.19. The van der Waals surface area contributed by atoms with Crippen molar-refractivity contribution in [1.82, 2.24) is 0 Å². The Balaban J connectivity index is 2.95. The minimum atomic E-state index is -4.50. The van der Waals surface area contributed by atoms with E-state index in [2.05, 4.69) is 4.52 Å². The van der Waals surface area contributed by atoms with Gasteiger partial charge in [0.05, 0.1) is 5.60 Å². The van der Waals surface area contributed by atoms with Crippen molar-refractivity contribution in [3.8, 4) is 0 Å². The number of hydrogen-bond donors (Lipinski definition) is 2. The van der Waals surface area contributed by atoms with Crippen LogP contribution in [0.25, 0.3) is 0 Å². The second kappa shape index (κ2) is 4.24. The molecule has 0 aliphatic heterocycles. The first-order chi connectivity index (χ1) is 6.71. The van der Waals surface area contributed by atoms with Gasteiger partial charge in [-0.25, -0.2) is 4.57 Å². The Morgan fingerprint density at radius 2 is 1.73 bits per heavy atom. The predicted molar refractivity (Wildman–Crippen MR) is 57.6 cm³/mol. The molecule has 0 aliphatic rings. The number of phosphoric ester groups is 1. The monoisotopic (exact) mass is 250 g/mol. The molecule has 0 saturated heterocycles. The van der Waals surface area contributed by atoms with Crippen molar-refractivity contribution in [2.75, 3.05) is 0 Å². The number of hydrogen-bond acceptors (Lipinski definition) is 2. The van der Waals surface area contributed by atoms with Crippen molar-refractivity contribution < 1.29 is 18.9 Å². The highest BCUT2D eigenvalue weighted by molar-refractivity contribution is 7.46. The summed E-state index contributed by atoms with van der Waals surface area (Å²) in [6, 6.07) is 6.61. The third-order valence-corrected chi connectivity index (χ3v) is 2.83. The summed E-state index contributed by atoms with van der Waals surface area (Å²) in [5.41, 5.74) is -0.404. The van der Waals surface area contributed by atoms with Crippen LogP contribution in [0.4, 0.5) is 0 Å². The molecular formula is C9H12ClO4P. The maximum Gasteiger partial charge on any atom is 0.470 e. The normalized spacial score (nSPS) is 12.9. The van der Waals surface area contributed by atoms with Gasteiger partial charge in [-0.2, -0.15) is 0 Å². The molecule has 0 amide bonds. The van der Waals surface area contributed by atoms with Gasteiger partial charge in [0.2, 0.25) is 0 Å². The van der Waals surface area contributed by atoms with E-state index in [0.717, 1.165) is 0 Å². The molecular weight excluding hydrogens is 239 g/mol. The van der Waals surface area contributed by atoms with Crippen LogP contribution in [0.3, 0.4) is 0 Å². The number of benzene rings is 1. The van der Waals surface area contributed by atoms with E-state index in [9.17, 15) is 4.57 Å². The molecule has 4 nitrogen and oxygen atoms in total. The Morgan fingerprint density at radius 1 is 1.27 bits per heavy atom. The number of halogens is 1. The molecule has 1 aromatic carbocycles. The Kier molecular flexibility index (Phi) is 3.59. The smallest absolute Gasteiger partial charge is 0.303 e. The molecule has 0 aromatic heterocycles. The number of phosphoric acid groups is 1. The average molecular weight is 251 g/mol. The van der Waals surface area contributed by atoms with Crippen LogP contribution in [0, 0.1) is 0 Å². The van der Waals surface area contributed by atoms with Crippen LogP contribution in [0.5, 0.6) is 0 Å². The molecule has 0 fully saturated rings. The Morgan fingerprint density at radius 3 is 2.13 bits per heavy atom. The zero-order chi connectivity index (χ0) is 11.7. The van der Waals surface area contributed by atoms with E-state index in [1.807, 2.05) is 0 Å². The molecule has 0 heterocycles. The van der Waals surface area contributed by atoms with Crippen LogP contribution in [0.15, 0.2) is 24.3 Å². The molecule has 1 aromatic rings. The van der Waals surface area contributed by atoms with Gasteiger partial charge in [-0.15, -0.1) is 0 Å². The zero-order valence-corrected chi connectivity index (χ0v) is 10.00. The SMILES string of the molecule is CC(C)(OP(=O)(O)O)c1ccc(Cl)cc1. The lowest BCUT2D eigenvalue weighted by atomic mass is 9.99. The zero-order valence-electron chi connectivity index (χ0n) is 8.35. The van der Waals surface area contributed by atoms with Crippen LogP contribution < -0.4 is 0 Å². The first-order valence-electron chi connectivity index (χ1n) is 4.23. The minimum absolute atomic E-state index is 0.561. The highest BCUT2D eigenvalue weighted by atomic mass is 35.5. The molecule has 84 valence electrons. The van der Waals surface area contributed by atoms with E-state index in [-0.39, 0.29) is 0 Å². The first kappa shape index (κ1) is 12.7. The fraction of sp³-hybridized carbons (Fsp3) is 0.333. The Hall–Kier alpha value is -0.380. The summed E-state index contributed by atoms with van der Waals surface area (Å²) >= 11 is 5.70. The molecule has 0 bridgehead atoms. The lowest BCUT2D eigenvalue weighted by Gasteiger charge is -2.25. The summed E-state index contributed by atoms with van der Waals surface area (Å²) in [6.07, 6.45) is 0. The van der Waals surface area contributed by atoms with E-state index in [0.29, 0.717) is 10.6 Å². The molecule has 0 radical (unpaired) electrons. The van der Waals surface area contributed by atoms with Crippen molar-refractivity contribution in [2.24, 2.45) is 0 Å². The Labute approximate surface area is 93.1 Å². The van der Waals surface area contributed by atoms with Crippen LogP contribution in [-0.4, -0.2) is 9.79 Å². The van der Waals surface area contributed by atoms with Crippen LogP contribution >= 0.6 is 19.4 Å². The largest absolute Gasteiger partial charge is 0.470 e. The first-order valence-corrected chi connectivity index (χ1v) is 6.14. The molecule has 6 heteroatoms. The van der Waals surface area contributed by atoms with E-state index in [1.54, 1.807) is 38.1 Å². The minimum Gasteiger partial charge on any atom is -0.303 e. The average Bonchev–Trinajstić information content (AvgIpc) is 2.00. The fourth-order valence-corrected chi connectivity index (χ4v) is 2.03. The molecule has 0 spiro atoms. The van der Waals surface area contributed by atoms with Gasteiger partial charge in [0.15, 0.2) is 0 Å². The van der Waals surface area contributed by atoms with Gasteiger partial charge in [-0.3, -0.25) is 4.52 Å². The highest BCUT2D eigenvalue weighted by Crippen LogP contribution is 2.45.